The van der Waals surface area contributed by atoms with Crippen molar-refractivity contribution in [3.63, 3.8) is 0 Å². The molecule has 1 aromatic carbocycles. The number of amides is 2. The molecule has 0 radical (unpaired) electrons. The molecule has 1 N–H and O–H groups in total. The van der Waals surface area contributed by atoms with E-state index in [2.05, 4.69) is 5.32 Å². The standard InChI is InChI=1S/C16H26N2O4S/c1-6-23(20,21)22-15-10-8-7-9-14(15)11-18(13(4)5)16(19)17-12(2)3/h7-10,12-13H,6,11H2,1-5H3,(H,17,19). The van der Waals surface area contributed by atoms with E-state index in [1.54, 1.807) is 29.2 Å². The zero-order valence-corrected chi connectivity index (χ0v) is 15.2. The van der Waals surface area contributed by atoms with E-state index >= 15 is 0 Å². The van der Waals surface area contributed by atoms with Crippen LogP contribution in [-0.4, -0.2) is 37.2 Å². The fraction of sp³-hybridized carbons (Fsp3) is 0.562. The van der Waals surface area contributed by atoms with Crippen LogP contribution in [0.2, 0.25) is 0 Å². The summed E-state index contributed by atoms with van der Waals surface area (Å²) in [4.78, 5) is 13.9. The van der Waals surface area contributed by atoms with E-state index in [9.17, 15) is 13.2 Å². The van der Waals surface area contributed by atoms with Crippen molar-refractivity contribution < 1.29 is 17.4 Å². The summed E-state index contributed by atoms with van der Waals surface area (Å²) < 4.78 is 28.5. The Morgan fingerprint density at radius 1 is 1.22 bits per heavy atom. The summed E-state index contributed by atoms with van der Waals surface area (Å²) in [7, 11) is -3.61. The molecule has 0 saturated carbocycles. The first kappa shape index (κ1) is 19.3. The van der Waals surface area contributed by atoms with Crippen LogP contribution in [0.1, 0.15) is 40.2 Å². The van der Waals surface area contributed by atoms with Crippen LogP contribution in [-0.2, 0) is 16.7 Å². The molecule has 0 heterocycles. The zero-order chi connectivity index (χ0) is 17.6. The van der Waals surface area contributed by atoms with Crippen LogP contribution in [0.15, 0.2) is 24.3 Å². The van der Waals surface area contributed by atoms with Crippen LogP contribution >= 0.6 is 0 Å². The molecule has 130 valence electrons. The van der Waals surface area contributed by atoms with Gasteiger partial charge in [0, 0.05) is 17.6 Å². The summed E-state index contributed by atoms with van der Waals surface area (Å²) in [5.74, 6) is 0.153. The van der Waals surface area contributed by atoms with Crippen LogP contribution in [0.5, 0.6) is 5.75 Å². The number of urea groups is 1. The Kier molecular flexibility index (Phi) is 6.87. The van der Waals surface area contributed by atoms with Crippen molar-refractivity contribution >= 4 is 16.1 Å². The van der Waals surface area contributed by atoms with Crippen LogP contribution in [0.3, 0.4) is 0 Å². The minimum absolute atomic E-state index is 0.0238. The summed E-state index contributed by atoms with van der Waals surface area (Å²) in [5, 5.41) is 2.85. The minimum atomic E-state index is -3.61. The lowest BCUT2D eigenvalue weighted by atomic mass is 10.1. The number of nitrogens with zero attached hydrogens (tertiary/aromatic N) is 1. The van der Waals surface area contributed by atoms with Gasteiger partial charge in [-0.3, -0.25) is 0 Å². The number of carbonyl (C=O) groups is 1. The number of benzene rings is 1. The van der Waals surface area contributed by atoms with Gasteiger partial charge in [0.25, 0.3) is 0 Å². The van der Waals surface area contributed by atoms with Crippen LogP contribution in [0.25, 0.3) is 0 Å². The number of nitrogens with one attached hydrogen (secondary N) is 1. The second-order valence-corrected chi connectivity index (χ2v) is 7.72. The van der Waals surface area contributed by atoms with Gasteiger partial charge in [-0.2, -0.15) is 8.42 Å². The molecule has 7 heteroatoms. The largest absolute Gasteiger partial charge is 0.382 e. The average molecular weight is 342 g/mol. The van der Waals surface area contributed by atoms with Crippen molar-refractivity contribution in [2.75, 3.05) is 5.75 Å². The van der Waals surface area contributed by atoms with E-state index in [-0.39, 0.29) is 36.2 Å². The number of hydrogen-bond acceptors (Lipinski definition) is 4. The predicted molar refractivity (Wildman–Crippen MR) is 90.9 cm³/mol. The van der Waals surface area contributed by atoms with Crippen LogP contribution < -0.4 is 9.50 Å². The first-order valence-electron chi connectivity index (χ1n) is 7.73. The van der Waals surface area contributed by atoms with Gasteiger partial charge in [-0.1, -0.05) is 18.2 Å². The quantitative estimate of drug-likeness (QED) is 0.773. The molecule has 0 fully saturated rings. The van der Waals surface area contributed by atoms with Crippen molar-refractivity contribution in [1.82, 2.24) is 10.2 Å². The lowest BCUT2D eigenvalue weighted by molar-refractivity contribution is 0.177. The second kappa shape index (κ2) is 8.19. The first-order valence-corrected chi connectivity index (χ1v) is 9.31. The van der Waals surface area contributed by atoms with Crippen LogP contribution in [0, 0.1) is 0 Å². The third kappa shape index (κ3) is 6.09. The lowest BCUT2D eigenvalue weighted by Gasteiger charge is -2.28. The van der Waals surface area contributed by atoms with E-state index in [4.69, 9.17) is 4.18 Å². The van der Waals surface area contributed by atoms with E-state index in [1.807, 2.05) is 27.7 Å². The molecule has 2 amide bonds. The highest BCUT2D eigenvalue weighted by molar-refractivity contribution is 7.87. The maximum Gasteiger partial charge on any atom is 0.318 e. The molecule has 0 aliphatic rings. The Labute approximate surface area is 138 Å². The molecule has 0 bridgehead atoms. The van der Waals surface area contributed by atoms with Gasteiger partial charge in [-0.05, 0) is 40.7 Å². The molecular formula is C16H26N2O4S. The van der Waals surface area contributed by atoms with Gasteiger partial charge in [-0.15, -0.1) is 0 Å². The third-order valence-electron chi connectivity index (χ3n) is 3.18. The van der Waals surface area contributed by atoms with Gasteiger partial charge in [0.2, 0.25) is 0 Å². The number of hydrogen-bond donors (Lipinski definition) is 1. The fourth-order valence-corrected chi connectivity index (χ4v) is 2.47. The monoisotopic (exact) mass is 342 g/mol. The van der Waals surface area contributed by atoms with Gasteiger partial charge in [0.1, 0.15) is 5.75 Å². The highest BCUT2D eigenvalue weighted by Gasteiger charge is 2.21. The Morgan fingerprint density at radius 3 is 2.35 bits per heavy atom. The number of carbonyl (C=O) groups excluding carboxylic acids is 1. The van der Waals surface area contributed by atoms with Crippen molar-refractivity contribution in [3.8, 4) is 5.75 Å². The van der Waals surface area contributed by atoms with Gasteiger partial charge >= 0.3 is 16.1 Å². The Morgan fingerprint density at radius 2 is 1.83 bits per heavy atom. The van der Waals surface area contributed by atoms with Gasteiger partial charge < -0.3 is 14.4 Å². The molecule has 6 nitrogen and oxygen atoms in total. The maximum absolute atomic E-state index is 12.3. The highest BCUT2D eigenvalue weighted by atomic mass is 32.2. The predicted octanol–water partition coefficient (Wildman–Crippen LogP) is 2.74. The first-order chi connectivity index (χ1) is 10.7. The van der Waals surface area contributed by atoms with E-state index < -0.39 is 10.1 Å². The van der Waals surface area contributed by atoms with Crippen molar-refractivity contribution in [1.29, 1.82) is 0 Å². The molecule has 0 aliphatic heterocycles. The SMILES string of the molecule is CCS(=O)(=O)Oc1ccccc1CN(C(=O)NC(C)C)C(C)C. The van der Waals surface area contributed by atoms with Gasteiger partial charge in [-0.25, -0.2) is 4.79 Å². The van der Waals surface area contributed by atoms with Gasteiger partial charge in [0.15, 0.2) is 0 Å². The number of rotatable bonds is 7. The van der Waals surface area contributed by atoms with E-state index in [0.717, 1.165) is 0 Å². The van der Waals surface area contributed by atoms with Crippen molar-refractivity contribution in [2.24, 2.45) is 0 Å². The van der Waals surface area contributed by atoms with Gasteiger partial charge in [0.05, 0.1) is 12.3 Å². The molecule has 0 aliphatic carbocycles. The minimum Gasteiger partial charge on any atom is -0.382 e. The molecule has 1 aromatic rings. The molecular weight excluding hydrogens is 316 g/mol. The fourth-order valence-electron chi connectivity index (χ4n) is 1.91. The third-order valence-corrected chi connectivity index (χ3v) is 4.32. The lowest BCUT2D eigenvalue weighted by Crippen LogP contribution is -2.45. The molecule has 0 spiro atoms. The molecule has 0 aromatic heterocycles. The Balaban J connectivity index is 3.03. The molecule has 1 rings (SSSR count). The summed E-state index contributed by atoms with van der Waals surface area (Å²) in [6.07, 6.45) is 0. The molecule has 23 heavy (non-hydrogen) atoms. The van der Waals surface area contributed by atoms with Crippen LogP contribution in [0.4, 0.5) is 4.79 Å². The number of para-hydroxylation sites is 1. The average Bonchev–Trinajstić information content (AvgIpc) is 2.44. The topological polar surface area (TPSA) is 75.7 Å². The second-order valence-electron chi connectivity index (χ2n) is 5.86. The summed E-state index contributed by atoms with van der Waals surface area (Å²) in [5.41, 5.74) is 0.650. The normalized spacial score (nSPS) is 11.6. The van der Waals surface area contributed by atoms with Crippen molar-refractivity contribution in [3.05, 3.63) is 29.8 Å². The Hall–Kier alpha value is -1.76. The summed E-state index contributed by atoms with van der Waals surface area (Å²) in [6, 6.07) is 6.65. The smallest absolute Gasteiger partial charge is 0.318 e. The molecule has 0 unspecified atom stereocenters. The highest BCUT2D eigenvalue weighted by Crippen LogP contribution is 2.22. The molecule has 0 atom stereocenters. The summed E-state index contributed by atoms with van der Waals surface area (Å²) >= 11 is 0. The van der Waals surface area contributed by atoms with E-state index in [1.165, 1.54) is 6.92 Å². The zero-order valence-electron chi connectivity index (χ0n) is 14.4. The maximum atomic E-state index is 12.3. The molecule has 0 saturated heterocycles. The Bertz CT molecular complexity index is 627. The van der Waals surface area contributed by atoms with E-state index in [0.29, 0.717) is 5.56 Å². The summed E-state index contributed by atoms with van der Waals surface area (Å²) in [6.45, 7) is 9.39. The van der Waals surface area contributed by atoms with Crippen molar-refractivity contribution in [2.45, 2.75) is 53.2 Å².